The van der Waals surface area contributed by atoms with E-state index in [1.54, 1.807) is 0 Å². The van der Waals surface area contributed by atoms with Crippen LogP contribution in [0.5, 0.6) is 0 Å². The zero-order chi connectivity index (χ0) is 12.5. The molecular weight excluding hydrogens is 220 g/mol. The average Bonchev–Trinajstić information content (AvgIpc) is 2.79. The summed E-state index contributed by atoms with van der Waals surface area (Å²) < 4.78 is 4.80. The van der Waals surface area contributed by atoms with Crippen LogP contribution in [0.25, 0.3) is 0 Å². The first-order valence-corrected chi connectivity index (χ1v) is 6.28. The molecule has 2 rings (SSSR count). The van der Waals surface area contributed by atoms with Crippen LogP contribution >= 0.6 is 0 Å². The van der Waals surface area contributed by atoms with Gasteiger partial charge in [-0.3, -0.25) is 4.79 Å². The summed E-state index contributed by atoms with van der Waals surface area (Å²) in [6, 6.07) is -0.144. The maximum Gasteiger partial charge on any atom is 0.331 e. The fraction of sp³-hybridized carbons (Fsp3) is 0.833. The zero-order valence-corrected chi connectivity index (χ0v) is 10.4. The first kappa shape index (κ1) is 12.4. The van der Waals surface area contributed by atoms with Gasteiger partial charge in [0.25, 0.3) is 0 Å². The van der Waals surface area contributed by atoms with Gasteiger partial charge in [0.15, 0.2) is 0 Å². The molecule has 1 saturated carbocycles. The molecule has 96 valence electrons. The highest BCUT2D eigenvalue weighted by atomic mass is 16.5. The minimum Gasteiger partial charge on any atom is -0.467 e. The van der Waals surface area contributed by atoms with Crippen molar-refractivity contribution in [2.45, 2.75) is 44.2 Å². The first-order chi connectivity index (χ1) is 8.14. The van der Waals surface area contributed by atoms with E-state index in [9.17, 15) is 9.59 Å². The summed E-state index contributed by atoms with van der Waals surface area (Å²) >= 11 is 0. The minimum atomic E-state index is -0.745. The molecule has 1 heterocycles. The van der Waals surface area contributed by atoms with Crippen LogP contribution in [-0.4, -0.2) is 37.1 Å². The summed E-state index contributed by atoms with van der Waals surface area (Å²) in [4.78, 5) is 23.8. The molecule has 1 amide bonds. The highest BCUT2D eigenvalue weighted by Gasteiger charge is 2.61. The summed E-state index contributed by atoms with van der Waals surface area (Å²) in [6.45, 7) is 2.90. The van der Waals surface area contributed by atoms with Gasteiger partial charge < -0.3 is 15.4 Å². The van der Waals surface area contributed by atoms with Gasteiger partial charge in [-0.15, -0.1) is 0 Å². The first-order valence-electron chi connectivity index (χ1n) is 6.28. The number of ether oxygens (including phenoxy) is 1. The third-order valence-electron chi connectivity index (χ3n) is 3.87. The number of nitrogens with one attached hydrogen (secondary N) is 2. The van der Waals surface area contributed by atoms with Gasteiger partial charge in [-0.1, -0.05) is 13.3 Å². The summed E-state index contributed by atoms with van der Waals surface area (Å²) in [7, 11) is 1.37. The number of carbonyl (C=O) groups excluding carboxylic acids is 2. The van der Waals surface area contributed by atoms with Crippen molar-refractivity contribution in [3.05, 3.63) is 0 Å². The second-order valence-electron chi connectivity index (χ2n) is 4.91. The van der Waals surface area contributed by atoms with Gasteiger partial charge in [0, 0.05) is 0 Å². The molecule has 17 heavy (non-hydrogen) atoms. The van der Waals surface area contributed by atoms with Gasteiger partial charge >= 0.3 is 5.97 Å². The van der Waals surface area contributed by atoms with E-state index >= 15 is 0 Å². The third-order valence-corrected chi connectivity index (χ3v) is 3.87. The van der Waals surface area contributed by atoms with Crippen LogP contribution in [0, 0.1) is 5.92 Å². The van der Waals surface area contributed by atoms with Crippen molar-refractivity contribution in [1.82, 2.24) is 10.6 Å². The number of hydrogen-bond acceptors (Lipinski definition) is 4. The second-order valence-corrected chi connectivity index (χ2v) is 4.91. The van der Waals surface area contributed by atoms with Crippen LogP contribution in [0.1, 0.15) is 32.6 Å². The molecular formula is C12H20N2O3. The lowest BCUT2D eigenvalue weighted by Gasteiger charge is -2.19. The Balaban J connectivity index is 1.99. The molecule has 1 aliphatic carbocycles. The maximum absolute atomic E-state index is 12.0. The van der Waals surface area contributed by atoms with E-state index in [0.717, 1.165) is 25.8 Å². The third kappa shape index (κ3) is 2.16. The molecule has 5 heteroatoms. The predicted octanol–water partition coefficient (Wildman–Crippen LogP) is 0.196. The lowest BCUT2D eigenvalue weighted by molar-refractivity contribution is -0.147. The lowest BCUT2D eigenvalue weighted by Crippen LogP contribution is -2.51. The number of rotatable bonds is 4. The normalized spacial score (nSPS) is 35.4. The van der Waals surface area contributed by atoms with E-state index in [1.807, 2.05) is 6.92 Å². The Morgan fingerprint density at radius 3 is 2.76 bits per heavy atom. The lowest BCUT2D eigenvalue weighted by atomic mass is 10.1. The van der Waals surface area contributed by atoms with E-state index in [4.69, 9.17) is 4.74 Å². The van der Waals surface area contributed by atoms with Crippen molar-refractivity contribution < 1.29 is 14.3 Å². The molecule has 2 N–H and O–H groups in total. The fourth-order valence-corrected chi connectivity index (χ4v) is 2.67. The summed E-state index contributed by atoms with van der Waals surface area (Å²) in [5, 5.41) is 6.02. The minimum absolute atomic E-state index is 0.0659. The molecule has 1 aliphatic heterocycles. The van der Waals surface area contributed by atoms with Crippen LogP contribution in [0.3, 0.4) is 0 Å². The molecule has 0 aromatic carbocycles. The van der Waals surface area contributed by atoms with Gasteiger partial charge in [-0.05, 0) is 31.7 Å². The van der Waals surface area contributed by atoms with Crippen LogP contribution in [0.15, 0.2) is 0 Å². The smallest absolute Gasteiger partial charge is 0.331 e. The molecule has 0 aromatic heterocycles. The van der Waals surface area contributed by atoms with Crippen LogP contribution in [-0.2, 0) is 14.3 Å². The number of carbonyl (C=O) groups is 2. The monoisotopic (exact) mass is 240 g/mol. The number of hydrogen-bond donors (Lipinski definition) is 2. The topological polar surface area (TPSA) is 67.4 Å². The standard InChI is InChI=1S/C12H20N2O3/c1-3-8-7-12(8,11(16)17-2)14-10(15)9-5-4-6-13-9/h8-9,13H,3-7H2,1-2H3,(H,14,15)/t8-,9+,12?/m1/s1. The summed E-state index contributed by atoms with van der Waals surface area (Å²) in [5.74, 6) is -0.153. The highest BCUT2D eigenvalue weighted by molar-refractivity contribution is 5.93. The Kier molecular flexibility index (Phi) is 3.38. The second kappa shape index (κ2) is 4.64. The highest BCUT2D eigenvalue weighted by Crippen LogP contribution is 2.46. The number of methoxy groups -OCH3 is 1. The van der Waals surface area contributed by atoms with Crippen molar-refractivity contribution in [1.29, 1.82) is 0 Å². The average molecular weight is 240 g/mol. The molecule has 0 aromatic rings. The Labute approximate surface area is 101 Å². The fourth-order valence-electron chi connectivity index (χ4n) is 2.67. The van der Waals surface area contributed by atoms with E-state index in [-0.39, 0.29) is 23.8 Å². The van der Waals surface area contributed by atoms with Crippen LogP contribution < -0.4 is 10.6 Å². The quantitative estimate of drug-likeness (QED) is 0.689. The number of esters is 1. The SMILES string of the molecule is CC[C@@H]1CC1(NC(=O)[C@@H]1CCCN1)C(=O)OC. The Bertz CT molecular complexity index is 326. The van der Waals surface area contributed by atoms with Crippen molar-refractivity contribution in [3.63, 3.8) is 0 Å². The number of amides is 1. The molecule has 2 aliphatic rings. The predicted molar refractivity (Wildman–Crippen MR) is 62.3 cm³/mol. The molecule has 5 nitrogen and oxygen atoms in total. The molecule has 3 atom stereocenters. The molecule has 0 spiro atoms. The van der Waals surface area contributed by atoms with Gasteiger partial charge in [0.05, 0.1) is 13.2 Å². The van der Waals surface area contributed by atoms with Gasteiger partial charge in [-0.2, -0.15) is 0 Å². The van der Waals surface area contributed by atoms with E-state index in [0.29, 0.717) is 6.42 Å². The molecule has 1 saturated heterocycles. The van der Waals surface area contributed by atoms with Crippen molar-refractivity contribution in [2.75, 3.05) is 13.7 Å². The van der Waals surface area contributed by atoms with E-state index < -0.39 is 5.54 Å². The Morgan fingerprint density at radius 1 is 1.53 bits per heavy atom. The largest absolute Gasteiger partial charge is 0.467 e. The van der Waals surface area contributed by atoms with Crippen LogP contribution in [0.2, 0.25) is 0 Å². The van der Waals surface area contributed by atoms with Gasteiger partial charge in [-0.25, -0.2) is 4.79 Å². The Hall–Kier alpha value is -1.10. The maximum atomic E-state index is 12.0. The van der Waals surface area contributed by atoms with Crippen LogP contribution in [0.4, 0.5) is 0 Å². The molecule has 0 radical (unpaired) electrons. The van der Waals surface area contributed by atoms with E-state index in [2.05, 4.69) is 10.6 Å². The van der Waals surface area contributed by atoms with Crippen molar-refractivity contribution in [2.24, 2.45) is 5.92 Å². The summed E-state index contributed by atoms with van der Waals surface area (Å²) in [6.07, 6.45) is 3.45. The zero-order valence-electron chi connectivity index (χ0n) is 10.4. The molecule has 1 unspecified atom stereocenters. The van der Waals surface area contributed by atoms with Gasteiger partial charge in [0.2, 0.25) is 5.91 Å². The van der Waals surface area contributed by atoms with Crippen molar-refractivity contribution in [3.8, 4) is 0 Å². The molecule has 2 fully saturated rings. The van der Waals surface area contributed by atoms with Crippen molar-refractivity contribution >= 4 is 11.9 Å². The van der Waals surface area contributed by atoms with E-state index in [1.165, 1.54) is 7.11 Å². The Morgan fingerprint density at radius 2 is 2.29 bits per heavy atom. The summed E-state index contributed by atoms with van der Waals surface area (Å²) in [5.41, 5.74) is -0.745. The van der Waals surface area contributed by atoms with Gasteiger partial charge in [0.1, 0.15) is 5.54 Å². The molecule has 0 bridgehead atoms.